The van der Waals surface area contributed by atoms with E-state index in [-0.39, 0.29) is 46.3 Å². The molecule has 0 radical (unpaired) electrons. The lowest BCUT2D eigenvalue weighted by molar-refractivity contribution is -0.162. The average Bonchev–Trinajstić information content (AvgIpc) is 2.96. The van der Waals surface area contributed by atoms with Gasteiger partial charge in [-0.15, -0.1) is 6.58 Å². The molecule has 0 saturated carbocycles. The van der Waals surface area contributed by atoms with Crippen LogP contribution in [0.1, 0.15) is 64.7 Å². The van der Waals surface area contributed by atoms with E-state index in [0.717, 1.165) is 12.0 Å². The van der Waals surface area contributed by atoms with Crippen molar-refractivity contribution >= 4 is 40.9 Å². The molecular formula is C33H44Cl2N2O6. The van der Waals surface area contributed by atoms with E-state index < -0.39 is 41.6 Å². The number of rotatable bonds is 16. The Morgan fingerprint density at radius 2 is 1.67 bits per heavy atom. The Morgan fingerprint density at radius 3 is 2.16 bits per heavy atom. The van der Waals surface area contributed by atoms with Gasteiger partial charge in [0.25, 0.3) is 0 Å². The van der Waals surface area contributed by atoms with Crippen molar-refractivity contribution in [3.8, 4) is 5.75 Å². The van der Waals surface area contributed by atoms with Crippen molar-refractivity contribution in [3.05, 3.63) is 76.3 Å². The van der Waals surface area contributed by atoms with Crippen molar-refractivity contribution in [2.24, 2.45) is 17.8 Å². The highest BCUT2D eigenvalue weighted by atomic mass is 35.5. The number of hydrogen-bond acceptors (Lipinski definition) is 7. The summed E-state index contributed by atoms with van der Waals surface area (Å²) in [6.07, 6.45) is 1.56. The molecule has 0 aliphatic carbocycles. The SMILES string of the molecule is C=C[C@@H](C)[C@H](OC(=O)[C@@H](NC(=O)[C@H](CC(=O)[C@@H](NC)[C@@H](C)CC)Cc1cc(Cl)c(O)c(Cl)c1)C(C)(C)O)c1ccccc1. The molecule has 0 aliphatic heterocycles. The zero-order valence-electron chi connectivity index (χ0n) is 25.7. The first-order valence-corrected chi connectivity index (χ1v) is 15.2. The second-order valence-corrected chi connectivity index (χ2v) is 12.4. The van der Waals surface area contributed by atoms with E-state index in [1.54, 1.807) is 13.1 Å². The highest BCUT2D eigenvalue weighted by Crippen LogP contribution is 2.34. The number of hydrogen-bond donors (Lipinski definition) is 4. The number of carbonyl (C=O) groups excluding carboxylic acids is 3. The number of ether oxygens (including phenoxy) is 1. The van der Waals surface area contributed by atoms with E-state index in [0.29, 0.717) is 5.56 Å². The summed E-state index contributed by atoms with van der Waals surface area (Å²) in [6.45, 7) is 12.4. The third kappa shape index (κ3) is 10.1. The van der Waals surface area contributed by atoms with Gasteiger partial charge in [-0.2, -0.15) is 0 Å². The number of Topliss-reactive ketones (excluding diaryl/α,β-unsaturated/α-hetero) is 1. The van der Waals surface area contributed by atoms with Crippen LogP contribution in [0.4, 0.5) is 0 Å². The van der Waals surface area contributed by atoms with Gasteiger partial charge in [0.15, 0.2) is 17.6 Å². The maximum absolute atomic E-state index is 13.8. The zero-order chi connectivity index (χ0) is 32.5. The predicted octanol–water partition coefficient (Wildman–Crippen LogP) is 5.81. The Labute approximate surface area is 264 Å². The fourth-order valence-corrected chi connectivity index (χ4v) is 5.40. The minimum Gasteiger partial charge on any atom is -0.505 e. The molecule has 2 aromatic carbocycles. The maximum Gasteiger partial charge on any atom is 0.332 e. The number of likely N-dealkylation sites (N-methyl/N-ethyl adjacent to an activating group) is 1. The summed E-state index contributed by atoms with van der Waals surface area (Å²) in [5.41, 5.74) is -0.469. The summed E-state index contributed by atoms with van der Waals surface area (Å²) < 4.78 is 5.88. The molecule has 0 aliphatic rings. The Bertz CT molecular complexity index is 1240. The van der Waals surface area contributed by atoms with Crippen LogP contribution >= 0.6 is 23.2 Å². The lowest BCUT2D eigenvalue weighted by atomic mass is 9.86. The first-order valence-electron chi connectivity index (χ1n) is 14.4. The highest BCUT2D eigenvalue weighted by molar-refractivity contribution is 6.37. The van der Waals surface area contributed by atoms with E-state index in [1.165, 1.54) is 26.0 Å². The number of phenols is 1. The molecule has 236 valence electrons. The molecule has 0 fully saturated rings. The first-order chi connectivity index (χ1) is 20.1. The van der Waals surface area contributed by atoms with Gasteiger partial charge in [-0.3, -0.25) is 9.59 Å². The minimum absolute atomic E-state index is 0.00179. The lowest BCUT2D eigenvalue weighted by Crippen LogP contribution is -2.56. The quantitative estimate of drug-likeness (QED) is 0.136. The number of halogens is 2. The standard InChI is InChI=1S/C33H44Cl2N2O6/c1-8-19(3)27(36-7)26(38)18-23(15-21-16-24(34)28(39)25(35)17-21)31(40)37-30(33(5,6)42)32(41)43-29(20(4)9-2)22-13-11-10-12-14-22/h9-14,16-17,19-20,23,27,29-30,36,39,42H,2,8,15,18H2,1,3-7H3,(H,37,40)/t19-,20+,23-,27-,29-,30+/m0/s1. The average molecular weight is 636 g/mol. The van der Waals surface area contributed by atoms with Crippen LogP contribution in [-0.4, -0.2) is 52.6 Å². The van der Waals surface area contributed by atoms with Crippen molar-refractivity contribution in [2.45, 2.75) is 77.7 Å². The Morgan fingerprint density at radius 1 is 1.09 bits per heavy atom. The van der Waals surface area contributed by atoms with Gasteiger partial charge in [0.05, 0.1) is 21.7 Å². The number of aliphatic hydroxyl groups is 1. The third-order valence-electron chi connectivity index (χ3n) is 7.70. The molecule has 8 nitrogen and oxygen atoms in total. The molecule has 1 amide bonds. The van der Waals surface area contributed by atoms with Gasteiger partial charge in [0, 0.05) is 18.3 Å². The van der Waals surface area contributed by atoms with Gasteiger partial charge in [-0.25, -0.2) is 4.79 Å². The minimum atomic E-state index is -1.71. The van der Waals surface area contributed by atoms with Crippen LogP contribution in [-0.2, 0) is 25.5 Å². The Kier molecular flexibility index (Phi) is 13.7. The normalized spacial score (nSPS) is 15.8. The number of carbonyl (C=O) groups is 3. The second-order valence-electron chi connectivity index (χ2n) is 11.6. The number of ketones is 1. The zero-order valence-corrected chi connectivity index (χ0v) is 27.2. The van der Waals surface area contributed by atoms with E-state index in [4.69, 9.17) is 27.9 Å². The van der Waals surface area contributed by atoms with Crippen LogP contribution in [0.15, 0.2) is 55.1 Å². The van der Waals surface area contributed by atoms with E-state index in [1.807, 2.05) is 51.1 Å². The summed E-state index contributed by atoms with van der Waals surface area (Å²) >= 11 is 12.3. The summed E-state index contributed by atoms with van der Waals surface area (Å²) in [7, 11) is 1.69. The smallest absolute Gasteiger partial charge is 0.332 e. The predicted molar refractivity (Wildman–Crippen MR) is 170 cm³/mol. The van der Waals surface area contributed by atoms with Crippen molar-refractivity contribution in [2.75, 3.05) is 7.05 Å². The molecular weight excluding hydrogens is 591 g/mol. The summed E-state index contributed by atoms with van der Waals surface area (Å²) in [5, 5.41) is 26.7. The van der Waals surface area contributed by atoms with Gasteiger partial charge >= 0.3 is 5.97 Å². The number of aromatic hydroxyl groups is 1. The molecule has 0 unspecified atom stereocenters. The molecule has 2 aromatic rings. The largest absolute Gasteiger partial charge is 0.505 e. The van der Waals surface area contributed by atoms with Crippen LogP contribution < -0.4 is 10.6 Å². The van der Waals surface area contributed by atoms with E-state index in [9.17, 15) is 24.6 Å². The topological polar surface area (TPSA) is 125 Å². The van der Waals surface area contributed by atoms with Crippen molar-refractivity contribution < 1.29 is 29.3 Å². The summed E-state index contributed by atoms with van der Waals surface area (Å²) in [5.74, 6) is -3.15. The van der Waals surface area contributed by atoms with Crippen LogP contribution in [0.3, 0.4) is 0 Å². The molecule has 0 aromatic heterocycles. The number of benzene rings is 2. The van der Waals surface area contributed by atoms with Gasteiger partial charge in [0.2, 0.25) is 5.91 Å². The van der Waals surface area contributed by atoms with Crippen molar-refractivity contribution in [1.29, 1.82) is 0 Å². The number of amides is 1. The molecule has 0 spiro atoms. The maximum atomic E-state index is 13.8. The van der Waals surface area contributed by atoms with E-state index >= 15 is 0 Å². The molecule has 10 heteroatoms. The van der Waals surface area contributed by atoms with Crippen LogP contribution in [0.5, 0.6) is 5.75 Å². The third-order valence-corrected chi connectivity index (χ3v) is 8.27. The number of nitrogens with one attached hydrogen (secondary N) is 2. The summed E-state index contributed by atoms with van der Waals surface area (Å²) in [4.78, 5) is 40.8. The first kappa shape index (κ1) is 36.3. The second kappa shape index (κ2) is 16.2. The molecule has 0 bridgehead atoms. The van der Waals surface area contributed by atoms with Crippen LogP contribution in [0.2, 0.25) is 10.0 Å². The summed E-state index contributed by atoms with van der Waals surface area (Å²) in [6, 6.07) is 10.1. The van der Waals surface area contributed by atoms with Crippen molar-refractivity contribution in [3.63, 3.8) is 0 Å². The monoisotopic (exact) mass is 634 g/mol. The molecule has 43 heavy (non-hydrogen) atoms. The fourth-order valence-electron chi connectivity index (χ4n) is 4.87. The lowest BCUT2D eigenvalue weighted by Gasteiger charge is -2.32. The molecule has 0 heterocycles. The number of phenolic OH excluding ortho intramolecular Hbond substituents is 1. The molecule has 2 rings (SSSR count). The van der Waals surface area contributed by atoms with Gasteiger partial charge in [0.1, 0.15) is 6.10 Å². The van der Waals surface area contributed by atoms with Crippen molar-refractivity contribution in [1.82, 2.24) is 10.6 Å². The van der Waals surface area contributed by atoms with Gasteiger partial charge in [-0.1, -0.05) is 86.8 Å². The van der Waals surface area contributed by atoms with Crippen LogP contribution in [0, 0.1) is 17.8 Å². The van der Waals surface area contributed by atoms with Crippen LogP contribution in [0.25, 0.3) is 0 Å². The molecule has 6 atom stereocenters. The van der Waals surface area contributed by atoms with Gasteiger partial charge < -0.3 is 25.6 Å². The molecule has 0 saturated heterocycles. The van der Waals surface area contributed by atoms with E-state index in [2.05, 4.69) is 17.2 Å². The Balaban J connectivity index is 2.43. The fraction of sp³-hybridized carbons (Fsp3) is 0.485. The highest BCUT2D eigenvalue weighted by Gasteiger charge is 2.40. The molecule has 4 N–H and O–H groups in total. The number of esters is 1. The van der Waals surface area contributed by atoms with Gasteiger partial charge in [-0.05, 0) is 56.5 Å². The Hall–Kier alpha value is -2.91.